The van der Waals surface area contributed by atoms with Crippen LogP contribution in [0.1, 0.15) is 39.2 Å². The summed E-state index contributed by atoms with van der Waals surface area (Å²) in [4.78, 5) is 0.242. The van der Waals surface area contributed by atoms with Gasteiger partial charge in [-0.25, -0.2) is 8.42 Å². The number of nitrogens with two attached hydrogens (primary N) is 1. The Hall–Kier alpha value is -1.58. The third kappa shape index (κ3) is 2.11. The Balaban J connectivity index is 2.54. The molecule has 1 unspecified atom stereocenters. The van der Waals surface area contributed by atoms with Crippen LogP contribution in [-0.2, 0) is 14.4 Å². The topological polar surface area (TPSA) is 77.2 Å². The van der Waals surface area contributed by atoms with E-state index in [1.807, 2.05) is 27.7 Å². The van der Waals surface area contributed by atoms with Gasteiger partial charge in [-0.1, -0.05) is 45.9 Å². The highest BCUT2D eigenvalue weighted by atomic mass is 32.2. The summed E-state index contributed by atoms with van der Waals surface area (Å²) in [6, 6.07) is 9.92. The van der Waals surface area contributed by atoms with E-state index in [0.717, 1.165) is 5.56 Å². The highest BCUT2D eigenvalue weighted by Crippen LogP contribution is 2.56. The van der Waals surface area contributed by atoms with Crippen molar-refractivity contribution in [3.8, 4) is 0 Å². The van der Waals surface area contributed by atoms with Gasteiger partial charge in [0, 0.05) is 16.7 Å². The minimum atomic E-state index is -3.72. The number of nitrogen functional groups attached to an aromatic ring is 1. The van der Waals surface area contributed by atoms with Gasteiger partial charge in [0.2, 0.25) is 9.84 Å². The van der Waals surface area contributed by atoms with Gasteiger partial charge in [-0.2, -0.15) is 0 Å². The first-order valence-corrected chi connectivity index (χ1v) is 11.3. The van der Waals surface area contributed by atoms with Crippen LogP contribution in [0.25, 0.3) is 0 Å². The maximum absolute atomic E-state index is 14.1. The average molecular weight is 363 g/mol. The molecule has 4 nitrogen and oxygen atoms in total. The van der Waals surface area contributed by atoms with Gasteiger partial charge in [-0.05, 0) is 29.7 Å². The lowest BCUT2D eigenvalue weighted by atomic mass is 10.0. The first-order valence-electron chi connectivity index (χ1n) is 8.00. The zero-order chi connectivity index (χ0) is 17.9. The third-order valence-electron chi connectivity index (χ3n) is 4.70. The molecule has 0 bridgehead atoms. The van der Waals surface area contributed by atoms with E-state index in [1.165, 1.54) is 6.07 Å². The van der Waals surface area contributed by atoms with Crippen molar-refractivity contribution in [2.24, 2.45) is 0 Å². The highest BCUT2D eigenvalue weighted by Gasteiger charge is 2.46. The highest BCUT2D eigenvalue weighted by molar-refractivity contribution is 7.95. The Labute approximate surface area is 143 Å². The average Bonchev–Trinajstić information content (AvgIpc) is 2.52. The van der Waals surface area contributed by atoms with Gasteiger partial charge in [0.05, 0.1) is 15.1 Å². The molecule has 24 heavy (non-hydrogen) atoms. The molecular formula is C18H22NO3PS. The molecule has 1 heterocycles. The molecule has 0 aromatic heterocycles. The number of sulfone groups is 1. The quantitative estimate of drug-likeness (QED) is 0.656. The van der Waals surface area contributed by atoms with Crippen molar-refractivity contribution in [3.63, 3.8) is 0 Å². The Morgan fingerprint density at radius 2 is 1.58 bits per heavy atom. The smallest absolute Gasteiger partial charge is 0.208 e. The van der Waals surface area contributed by atoms with Crippen molar-refractivity contribution >= 4 is 33.3 Å². The van der Waals surface area contributed by atoms with Crippen molar-refractivity contribution in [2.75, 3.05) is 5.73 Å². The van der Waals surface area contributed by atoms with Crippen molar-refractivity contribution in [1.82, 2.24) is 0 Å². The molecule has 1 aliphatic heterocycles. The molecule has 2 aromatic carbocycles. The maximum atomic E-state index is 14.1. The summed E-state index contributed by atoms with van der Waals surface area (Å²) >= 11 is 0. The van der Waals surface area contributed by atoms with Gasteiger partial charge in [-0.3, -0.25) is 0 Å². The lowest BCUT2D eigenvalue weighted by molar-refractivity contribution is 0.576. The first kappa shape index (κ1) is 17.2. The summed E-state index contributed by atoms with van der Waals surface area (Å²) in [6.07, 6.45) is 0. The van der Waals surface area contributed by atoms with E-state index in [-0.39, 0.29) is 21.4 Å². The lowest BCUT2D eigenvalue weighted by Crippen LogP contribution is -2.36. The molecule has 0 fully saturated rings. The molecule has 0 radical (unpaired) electrons. The van der Waals surface area contributed by atoms with Crippen LogP contribution >= 0.6 is 7.14 Å². The first-order chi connectivity index (χ1) is 11.1. The Morgan fingerprint density at radius 3 is 2.17 bits per heavy atom. The van der Waals surface area contributed by atoms with Crippen LogP contribution in [-0.4, -0.2) is 14.1 Å². The standard InChI is InChI=1S/C18H22NO3PS/c1-11(2)13-9-10-16-18(17(13)19)23(20,12(3)4)14-7-5-6-8-15(14)24(16,21)22/h5-12H,19H2,1-4H3. The van der Waals surface area contributed by atoms with Gasteiger partial charge < -0.3 is 10.3 Å². The van der Waals surface area contributed by atoms with Gasteiger partial charge >= 0.3 is 0 Å². The normalized spacial score (nSPS) is 21.6. The Kier molecular flexibility index (Phi) is 3.93. The molecule has 3 rings (SSSR count). The predicted octanol–water partition coefficient (Wildman–Crippen LogP) is 3.26. The van der Waals surface area contributed by atoms with Gasteiger partial charge in [0.1, 0.15) is 7.14 Å². The number of anilines is 1. The Bertz CT molecular complexity index is 978. The second-order valence-corrected chi connectivity index (χ2v) is 12.0. The monoisotopic (exact) mass is 363 g/mol. The second kappa shape index (κ2) is 5.47. The molecule has 2 aromatic rings. The van der Waals surface area contributed by atoms with Crippen molar-refractivity contribution < 1.29 is 13.0 Å². The minimum Gasteiger partial charge on any atom is -0.398 e. The summed E-state index contributed by atoms with van der Waals surface area (Å²) < 4.78 is 40.2. The van der Waals surface area contributed by atoms with Crippen LogP contribution in [0.5, 0.6) is 0 Å². The summed E-state index contributed by atoms with van der Waals surface area (Å²) in [6.45, 7) is 7.70. The molecular weight excluding hydrogens is 341 g/mol. The Morgan fingerprint density at radius 1 is 0.958 bits per heavy atom. The summed E-state index contributed by atoms with van der Waals surface area (Å²) in [7, 11) is -6.88. The van der Waals surface area contributed by atoms with Crippen LogP contribution in [0.2, 0.25) is 0 Å². The van der Waals surface area contributed by atoms with Crippen molar-refractivity contribution in [1.29, 1.82) is 0 Å². The molecule has 128 valence electrons. The van der Waals surface area contributed by atoms with Gasteiger partial charge in [-0.15, -0.1) is 0 Å². The molecule has 1 aliphatic rings. The fourth-order valence-corrected chi connectivity index (χ4v) is 9.30. The van der Waals surface area contributed by atoms with Crippen molar-refractivity contribution in [2.45, 2.75) is 49.1 Å². The van der Waals surface area contributed by atoms with E-state index in [9.17, 15) is 13.0 Å². The number of benzene rings is 2. The van der Waals surface area contributed by atoms with Crippen LogP contribution < -0.4 is 16.3 Å². The number of hydrogen-bond donors (Lipinski definition) is 1. The predicted molar refractivity (Wildman–Crippen MR) is 98.8 cm³/mol. The molecule has 0 saturated heterocycles. The maximum Gasteiger partial charge on any atom is 0.208 e. The van der Waals surface area contributed by atoms with Crippen LogP contribution in [0, 0.1) is 0 Å². The van der Waals surface area contributed by atoms with E-state index in [1.54, 1.807) is 30.3 Å². The zero-order valence-electron chi connectivity index (χ0n) is 14.3. The second-order valence-electron chi connectivity index (χ2n) is 6.79. The molecule has 2 N–H and O–H groups in total. The lowest BCUT2D eigenvalue weighted by Gasteiger charge is -2.33. The van der Waals surface area contributed by atoms with E-state index < -0.39 is 17.0 Å². The SMILES string of the molecule is CC(C)c1ccc2c(c1N)P(=O)(C(C)C)c1ccccc1S2(=O)=O. The van der Waals surface area contributed by atoms with E-state index in [2.05, 4.69) is 0 Å². The number of hydrogen-bond acceptors (Lipinski definition) is 4. The molecule has 1 atom stereocenters. The van der Waals surface area contributed by atoms with E-state index in [0.29, 0.717) is 16.3 Å². The number of fused-ring (bicyclic) bond motifs is 2. The number of rotatable bonds is 2. The molecule has 0 aliphatic carbocycles. The van der Waals surface area contributed by atoms with Gasteiger partial charge in [0.25, 0.3) is 0 Å². The zero-order valence-corrected chi connectivity index (χ0v) is 16.0. The minimum absolute atomic E-state index is 0.0973. The van der Waals surface area contributed by atoms with Crippen LogP contribution in [0.3, 0.4) is 0 Å². The van der Waals surface area contributed by atoms with Crippen molar-refractivity contribution in [3.05, 3.63) is 42.0 Å². The molecule has 6 heteroatoms. The molecule has 0 amide bonds. The summed E-state index contributed by atoms with van der Waals surface area (Å²) in [5.41, 5.74) is 7.32. The molecule has 0 spiro atoms. The fourth-order valence-electron chi connectivity index (χ4n) is 3.40. The third-order valence-corrected chi connectivity index (χ3v) is 10.6. The van der Waals surface area contributed by atoms with E-state index >= 15 is 0 Å². The van der Waals surface area contributed by atoms with E-state index in [4.69, 9.17) is 5.73 Å². The summed E-state index contributed by atoms with van der Waals surface area (Å²) in [5.74, 6) is 0.121. The van der Waals surface area contributed by atoms with Crippen LogP contribution in [0.15, 0.2) is 46.2 Å². The summed E-state index contributed by atoms with van der Waals surface area (Å²) in [5, 5.41) is 0.725. The van der Waals surface area contributed by atoms with Gasteiger partial charge in [0.15, 0.2) is 0 Å². The largest absolute Gasteiger partial charge is 0.398 e. The fraction of sp³-hybridized carbons (Fsp3) is 0.333. The van der Waals surface area contributed by atoms with Crippen LogP contribution in [0.4, 0.5) is 5.69 Å². The molecule has 0 saturated carbocycles.